The molecule has 3 rings (SSSR count). The van der Waals surface area contributed by atoms with Crippen molar-refractivity contribution in [1.82, 2.24) is 0 Å². The summed E-state index contributed by atoms with van der Waals surface area (Å²) >= 11 is 0. The quantitative estimate of drug-likeness (QED) is 0.485. The van der Waals surface area contributed by atoms with E-state index in [9.17, 15) is 26.3 Å². The minimum absolute atomic E-state index is 0.123. The minimum atomic E-state index is -4.53. The van der Waals surface area contributed by atoms with Crippen LogP contribution in [0.1, 0.15) is 61.6 Å². The Balaban J connectivity index is 1.87. The molecule has 2 aromatic rings. The number of alkyl halides is 2. The van der Waals surface area contributed by atoms with E-state index in [0.29, 0.717) is 36.5 Å². The van der Waals surface area contributed by atoms with Crippen molar-refractivity contribution in [3.8, 4) is 11.8 Å². The summed E-state index contributed by atoms with van der Waals surface area (Å²) in [5.41, 5.74) is -2.32. The fourth-order valence-electron chi connectivity index (χ4n) is 3.93. The second-order valence-corrected chi connectivity index (χ2v) is 7.48. The van der Waals surface area contributed by atoms with Gasteiger partial charge in [-0.2, -0.15) is 14.0 Å². The number of halogens is 6. The first-order chi connectivity index (χ1) is 14.2. The monoisotopic (exact) mass is 427 g/mol. The van der Waals surface area contributed by atoms with Gasteiger partial charge in [0.1, 0.15) is 46.2 Å². The van der Waals surface area contributed by atoms with Crippen molar-refractivity contribution in [2.75, 3.05) is 0 Å². The van der Waals surface area contributed by atoms with Crippen LogP contribution in [0.25, 0.3) is 0 Å². The first-order valence-corrected chi connectivity index (χ1v) is 9.61. The third kappa shape index (κ3) is 4.40. The molecular weight excluding hydrogens is 408 g/mol. The summed E-state index contributed by atoms with van der Waals surface area (Å²) in [6, 6.07) is 3.68. The zero-order valence-corrected chi connectivity index (χ0v) is 16.1. The smallest absolute Gasteiger partial charge is 0.429 e. The first kappa shape index (κ1) is 22.0. The molecule has 0 spiro atoms. The average Bonchev–Trinajstić information content (AvgIpc) is 2.66. The molecule has 0 radical (unpaired) electrons. The maximum Gasteiger partial charge on any atom is 0.432 e. The van der Waals surface area contributed by atoms with Gasteiger partial charge in [-0.25, -0.2) is 17.6 Å². The molecule has 160 valence electrons. The standard InChI is InChI=1S/C22H19F6NO/c1-2-12-3-5-13(6-4-12)14-7-19(25)21(20(26)8-14)22(27,28)30-15-9-17(23)16(11-29)18(24)10-15/h7-10,12-13H,2-6H2,1H3. The molecule has 2 aromatic carbocycles. The highest BCUT2D eigenvalue weighted by Gasteiger charge is 2.42. The summed E-state index contributed by atoms with van der Waals surface area (Å²) in [7, 11) is 0. The van der Waals surface area contributed by atoms with Crippen molar-refractivity contribution in [2.45, 2.75) is 51.1 Å². The summed E-state index contributed by atoms with van der Waals surface area (Å²) < 4.78 is 89.4. The van der Waals surface area contributed by atoms with Crippen LogP contribution in [0.2, 0.25) is 0 Å². The normalized spacial score (nSPS) is 19.4. The van der Waals surface area contributed by atoms with Gasteiger partial charge >= 0.3 is 6.11 Å². The Labute approximate surface area is 170 Å². The van der Waals surface area contributed by atoms with Gasteiger partial charge in [0.2, 0.25) is 0 Å². The van der Waals surface area contributed by atoms with E-state index in [2.05, 4.69) is 11.7 Å². The van der Waals surface area contributed by atoms with Crippen molar-refractivity contribution in [2.24, 2.45) is 5.92 Å². The average molecular weight is 427 g/mol. The Morgan fingerprint density at radius 3 is 1.93 bits per heavy atom. The van der Waals surface area contributed by atoms with E-state index in [-0.39, 0.29) is 5.92 Å². The predicted octanol–water partition coefficient (Wildman–Crippen LogP) is 6.93. The van der Waals surface area contributed by atoms with E-state index in [0.717, 1.165) is 31.4 Å². The topological polar surface area (TPSA) is 33.0 Å². The van der Waals surface area contributed by atoms with Gasteiger partial charge in [0.15, 0.2) is 0 Å². The highest BCUT2D eigenvalue weighted by atomic mass is 19.3. The molecule has 0 unspecified atom stereocenters. The fourth-order valence-corrected chi connectivity index (χ4v) is 3.93. The largest absolute Gasteiger partial charge is 0.432 e. The van der Waals surface area contributed by atoms with Gasteiger partial charge in [-0.15, -0.1) is 0 Å². The molecule has 0 atom stereocenters. The molecule has 1 fully saturated rings. The number of nitrogens with zero attached hydrogens (tertiary/aromatic N) is 1. The SMILES string of the molecule is CCC1CCC(c2cc(F)c(C(F)(F)Oc3cc(F)c(C#N)c(F)c3)c(F)c2)CC1. The van der Waals surface area contributed by atoms with E-state index >= 15 is 0 Å². The Kier molecular flexibility index (Phi) is 6.30. The lowest BCUT2D eigenvalue weighted by atomic mass is 9.77. The lowest BCUT2D eigenvalue weighted by Gasteiger charge is -2.28. The second kappa shape index (κ2) is 8.58. The number of hydrogen-bond acceptors (Lipinski definition) is 2. The second-order valence-electron chi connectivity index (χ2n) is 7.48. The first-order valence-electron chi connectivity index (χ1n) is 9.61. The van der Waals surface area contributed by atoms with Crippen LogP contribution in [0.15, 0.2) is 24.3 Å². The predicted molar refractivity (Wildman–Crippen MR) is 96.9 cm³/mol. The van der Waals surface area contributed by atoms with Crippen LogP contribution in [0.3, 0.4) is 0 Å². The molecule has 8 heteroatoms. The van der Waals surface area contributed by atoms with Gasteiger partial charge in [-0.05, 0) is 55.2 Å². The molecule has 1 saturated carbocycles. The molecule has 2 nitrogen and oxygen atoms in total. The van der Waals surface area contributed by atoms with Crippen LogP contribution in [0.5, 0.6) is 5.75 Å². The van der Waals surface area contributed by atoms with Gasteiger partial charge in [0.05, 0.1) is 0 Å². The molecule has 0 bridgehead atoms. The molecule has 0 aromatic heterocycles. The Hall–Kier alpha value is -2.69. The van der Waals surface area contributed by atoms with Crippen molar-refractivity contribution in [3.05, 3.63) is 64.2 Å². The fraction of sp³-hybridized carbons (Fsp3) is 0.409. The molecule has 0 heterocycles. The zero-order chi connectivity index (χ0) is 22.1. The Morgan fingerprint density at radius 2 is 1.47 bits per heavy atom. The van der Waals surface area contributed by atoms with Gasteiger partial charge in [0.25, 0.3) is 0 Å². The summed E-state index contributed by atoms with van der Waals surface area (Å²) in [6.45, 7) is 2.08. The molecule has 0 N–H and O–H groups in total. The van der Waals surface area contributed by atoms with Gasteiger partial charge < -0.3 is 4.74 Å². The highest BCUT2D eigenvalue weighted by Crippen LogP contribution is 2.41. The number of rotatable bonds is 5. The third-order valence-corrected chi connectivity index (χ3v) is 5.62. The van der Waals surface area contributed by atoms with Crippen LogP contribution in [0, 0.1) is 40.5 Å². The van der Waals surface area contributed by atoms with E-state index < -0.39 is 46.3 Å². The summed E-state index contributed by atoms with van der Waals surface area (Å²) in [4.78, 5) is 0. The third-order valence-electron chi connectivity index (χ3n) is 5.62. The number of nitriles is 1. The maximum atomic E-state index is 14.5. The van der Waals surface area contributed by atoms with E-state index in [1.165, 1.54) is 6.07 Å². The number of ether oxygens (including phenoxy) is 1. The van der Waals surface area contributed by atoms with E-state index in [1.807, 2.05) is 0 Å². The van der Waals surface area contributed by atoms with Crippen molar-refractivity contribution in [3.63, 3.8) is 0 Å². The summed E-state index contributed by atoms with van der Waals surface area (Å²) in [6.07, 6.45) is -0.266. The Morgan fingerprint density at radius 1 is 0.933 bits per heavy atom. The molecule has 1 aliphatic rings. The molecule has 0 aliphatic heterocycles. The van der Waals surface area contributed by atoms with Crippen LogP contribution in [-0.2, 0) is 6.11 Å². The van der Waals surface area contributed by atoms with Crippen molar-refractivity contribution >= 4 is 0 Å². The van der Waals surface area contributed by atoms with Crippen molar-refractivity contribution < 1.29 is 31.1 Å². The van der Waals surface area contributed by atoms with Crippen molar-refractivity contribution in [1.29, 1.82) is 5.26 Å². The number of hydrogen-bond donors (Lipinski definition) is 0. The lowest BCUT2D eigenvalue weighted by molar-refractivity contribution is -0.189. The minimum Gasteiger partial charge on any atom is -0.429 e. The van der Waals surface area contributed by atoms with Crippen LogP contribution >= 0.6 is 0 Å². The molecule has 0 saturated heterocycles. The van der Waals surface area contributed by atoms with E-state index in [4.69, 9.17) is 5.26 Å². The highest BCUT2D eigenvalue weighted by molar-refractivity contribution is 5.39. The summed E-state index contributed by atoms with van der Waals surface area (Å²) in [5.74, 6) is -6.42. The lowest BCUT2D eigenvalue weighted by Crippen LogP contribution is -2.26. The van der Waals surface area contributed by atoms with Crippen LogP contribution < -0.4 is 4.74 Å². The zero-order valence-electron chi connectivity index (χ0n) is 16.1. The molecule has 30 heavy (non-hydrogen) atoms. The molecule has 1 aliphatic carbocycles. The molecule has 0 amide bonds. The van der Waals surface area contributed by atoms with E-state index in [1.54, 1.807) is 0 Å². The van der Waals surface area contributed by atoms with Gasteiger partial charge in [-0.1, -0.05) is 13.3 Å². The van der Waals surface area contributed by atoms with Gasteiger partial charge in [0, 0.05) is 12.1 Å². The maximum absolute atomic E-state index is 14.5. The van der Waals surface area contributed by atoms with Crippen LogP contribution in [0.4, 0.5) is 26.3 Å². The molecular formula is C22H19F6NO. The Bertz CT molecular complexity index is 930. The van der Waals surface area contributed by atoms with Crippen LogP contribution in [-0.4, -0.2) is 0 Å². The van der Waals surface area contributed by atoms with Gasteiger partial charge in [-0.3, -0.25) is 0 Å². The summed E-state index contributed by atoms with van der Waals surface area (Å²) in [5, 5.41) is 8.62. The number of benzene rings is 2.